The first-order chi connectivity index (χ1) is 7.22. The van der Waals surface area contributed by atoms with Crippen LogP contribution in [0.3, 0.4) is 0 Å². The van der Waals surface area contributed by atoms with Gasteiger partial charge in [0, 0.05) is 26.2 Å². The molecule has 0 saturated carbocycles. The maximum absolute atomic E-state index is 11.1. The normalized spacial score (nSPS) is 19.9. The molecule has 0 amide bonds. The number of esters is 1. The SMILES string of the molecule is COC(=O)CCC1(CNCl)CCOCC1. The molecule has 0 aliphatic carbocycles. The Bertz CT molecular complexity index is 199. The van der Waals surface area contributed by atoms with Gasteiger partial charge in [-0.05, 0) is 36.5 Å². The van der Waals surface area contributed by atoms with Crippen molar-refractivity contribution >= 4 is 17.7 Å². The van der Waals surface area contributed by atoms with E-state index < -0.39 is 0 Å². The van der Waals surface area contributed by atoms with Gasteiger partial charge in [-0.1, -0.05) is 0 Å². The highest BCUT2D eigenvalue weighted by atomic mass is 35.5. The molecule has 1 aliphatic heterocycles. The summed E-state index contributed by atoms with van der Waals surface area (Å²) in [5.41, 5.74) is 0.0915. The van der Waals surface area contributed by atoms with Crippen LogP contribution in [0.2, 0.25) is 0 Å². The van der Waals surface area contributed by atoms with Gasteiger partial charge < -0.3 is 9.47 Å². The minimum Gasteiger partial charge on any atom is -0.469 e. The first-order valence-electron chi connectivity index (χ1n) is 5.20. The second kappa shape index (κ2) is 6.30. The molecule has 4 nitrogen and oxygen atoms in total. The second-order valence-corrected chi connectivity index (χ2v) is 4.27. The van der Waals surface area contributed by atoms with Crippen LogP contribution in [0.4, 0.5) is 0 Å². The van der Waals surface area contributed by atoms with E-state index in [1.54, 1.807) is 0 Å². The summed E-state index contributed by atoms with van der Waals surface area (Å²) in [6, 6.07) is 0. The fourth-order valence-electron chi connectivity index (χ4n) is 1.93. The van der Waals surface area contributed by atoms with Crippen LogP contribution in [0.25, 0.3) is 0 Å². The molecule has 0 spiro atoms. The number of ether oxygens (including phenoxy) is 2. The molecule has 0 bridgehead atoms. The van der Waals surface area contributed by atoms with Crippen LogP contribution in [-0.4, -0.2) is 32.8 Å². The molecule has 0 atom stereocenters. The van der Waals surface area contributed by atoms with E-state index in [2.05, 4.69) is 9.57 Å². The second-order valence-electron chi connectivity index (χ2n) is 4.00. The zero-order chi connectivity index (χ0) is 11.1. The molecule has 0 aromatic heterocycles. The monoisotopic (exact) mass is 235 g/mol. The van der Waals surface area contributed by atoms with Crippen LogP contribution < -0.4 is 4.84 Å². The predicted molar refractivity (Wildman–Crippen MR) is 57.6 cm³/mol. The third-order valence-corrected chi connectivity index (χ3v) is 3.22. The topological polar surface area (TPSA) is 47.6 Å². The first kappa shape index (κ1) is 12.7. The van der Waals surface area contributed by atoms with Crippen molar-refractivity contribution in [1.29, 1.82) is 0 Å². The number of halogens is 1. The van der Waals surface area contributed by atoms with E-state index in [0.717, 1.165) is 39.0 Å². The van der Waals surface area contributed by atoms with Crippen LogP contribution in [0, 0.1) is 5.41 Å². The Morgan fingerprint density at radius 2 is 2.20 bits per heavy atom. The van der Waals surface area contributed by atoms with Crippen molar-refractivity contribution in [2.24, 2.45) is 5.41 Å². The molecule has 0 radical (unpaired) electrons. The molecule has 1 heterocycles. The molecular formula is C10H18ClNO3. The fourth-order valence-corrected chi connectivity index (χ4v) is 2.21. The summed E-state index contributed by atoms with van der Waals surface area (Å²) in [6.07, 6.45) is 3.16. The summed E-state index contributed by atoms with van der Waals surface area (Å²) in [4.78, 5) is 13.8. The Morgan fingerprint density at radius 3 is 2.73 bits per heavy atom. The summed E-state index contributed by atoms with van der Waals surface area (Å²) in [5, 5.41) is 0. The molecule has 1 N–H and O–H groups in total. The molecule has 88 valence electrons. The van der Waals surface area contributed by atoms with Gasteiger partial charge in [0.25, 0.3) is 0 Å². The van der Waals surface area contributed by atoms with E-state index >= 15 is 0 Å². The standard InChI is InChI=1S/C10H18ClNO3/c1-14-9(13)2-3-10(8-12-11)4-6-15-7-5-10/h12H,2-8H2,1H3. The van der Waals surface area contributed by atoms with Crippen molar-refractivity contribution < 1.29 is 14.3 Å². The summed E-state index contributed by atoms with van der Waals surface area (Å²) in [5.74, 6) is -0.157. The maximum atomic E-state index is 11.1. The molecule has 15 heavy (non-hydrogen) atoms. The van der Waals surface area contributed by atoms with E-state index in [9.17, 15) is 4.79 Å². The lowest BCUT2D eigenvalue weighted by atomic mass is 9.76. The fraction of sp³-hybridized carbons (Fsp3) is 0.900. The van der Waals surface area contributed by atoms with Crippen molar-refractivity contribution in [3.63, 3.8) is 0 Å². The molecule has 1 aliphatic rings. The van der Waals surface area contributed by atoms with E-state index in [0.29, 0.717) is 6.42 Å². The number of carbonyl (C=O) groups excluding carboxylic acids is 1. The maximum Gasteiger partial charge on any atom is 0.305 e. The van der Waals surface area contributed by atoms with Gasteiger partial charge in [-0.15, -0.1) is 0 Å². The van der Waals surface area contributed by atoms with Crippen LogP contribution in [0.15, 0.2) is 0 Å². The van der Waals surface area contributed by atoms with E-state index in [-0.39, 0.29) is 11.4 Å². The summed E-state index contributed by atoms with van der Waals surface area (Å²) < 4.78 is 9.96. The molecule has 1 fully saturated rings. The number of carbonyl (C=O) groups is 1. The van der Waals surface area contributed by atoms with Crippen molar-refractivity contribution in [3.05, 3.63) is 0 Å². The molecule has 0 aromatic rings. The lowest BCUT2D eigenvalue weighted by Crippen LogP contribution is -2.37. The molecule has 1 saturated heterocycles. The van der Waals surface area contributed by atoms with Crippen molar-refractivity contribution in [2.75, 3.05) is 26.9 Å². The third kappa shape index (κ3) is 3.97. The first-order valence-corrected chi connectivity index (χ1v) is 5.58. The highest BCUT2D eigenvalue weighted by Crippen LogP contribution is 2.34. The van der Waals surface area contributed by atoms with Crippen LogP contribution in [-0.2, 0) is 14.3 Å². The Morgan fingerprint density at radius 1 is 1.53 bits per heavy atom. The number of methoxy groups -OCH3 is 1. The van der Waals surface area contributed by atoms with E-state index in [4.69, 9.17) is 16.5 Å². The van der Waals surface area contributed by atoms with Gasteiger partial charge in [-0.3, -0.25) is 4.79 Å². The van der Waals surface area contributed by atoms with Gasteiger partial charge >= 0.3 is 5.97 Å². The largest absolute Gasteiger partial charge is 0.469 e. The number of hydrogen-bond donors (Lipinski definition) is 1. The van der Waals surface area contributed by atoms with Crippen LogP contribution >= 0.6 is 11.8 Å². The van der Waals surface area contributed by atoms with E-state index in [1.807, 2.05) is 0 Å². The summed E-state index contributed by atoms with van der Waals surface area (Å²) in [7, 11) is 1.42. The number of rotatable bonds is 5. The van der Waals surface area contributed by atoms with E-state index in [1.165, 1.54) is 7.11 Å². The van der Waals surface area contributed by atoms with Crippen LogP contribution in [0.1, 0.15) is 25.7 Å². The average molecular weight is 236 g/mol. The molecule has 1 rings (SSSR count). The highest BCUT2D eigenvalue weighted by Gasteiger charge is 2.32. The van der Waals surface area contributed by atoms with Crippen molar-refractivity contribution in [3.8, 4) is 0 Å². The lowest BCUT2D eigenvalue weighted by molar-refractivity contribution is -0.141. The van der Waals surface area contributed by atoms with Gasteiger partial charge in [-0.25, -0.2) is 4.84 Å². The number of nitrogens with one attached hydrogen (secondary N) is 1. The Balaban J connectivity index is 2.44. The highest BCUT2D eigenvalue weighted by molar-refractivity contribution is 6.13. The third-order valence-electron chi connectivity index (χ3n) is 3.08. The molecule has 0 aromatic carbocycles. The smallest absolute Gasteiger partial charge is 0.305 e. The quantitative estimate of drug-likeness (QED) is 0.579. The van der Waals surface area contributed by atoms with Crippen molar-refractivity contribution in [1.82, 2.24) is 4.84 Å². The van der Waals surface area contributed by atoms with Gasteiger partial charge in [0.1, 0.15) is 0 Å². The van der Waals surface area contributed by atoms with Gasteiger partial charge in [-0.2, -0.15) is 0 Å². The molecule has 5 heteroatoms. The van der Waals surface area contributed by atoms with Gasteiger partial charge in [0.2, 0.25) is 0 Å². The minimum absolute atomic E-state index is 0.0915. The van der Waals surface area contributed by atoms with Gasteiger partial charge in [0.05, 0.1) is 7.11 Å². The Labute approximate surface area is 95.4 Å². The summed E-state index contributed by atoms with van der Waals surface area (Å²) in [6.45, 7) is 2.22. The number of hydrogen-bond acceptors (Lipinski definition) is 4. The minimum atomic E-state index is -0.157. The Hall–Kier alpha value is -0.320. The zero-order valence-electron chi connectivity index (χ0n) is 9.05. The molecular weight excluding hydrogens is 218 g/mol. The lowest BCUT2D eigenvalue weighted by Gasteiger charge is -2.36. The molecule has 0 unspecified atom stereocenters. The zero-order valence-corrected chi connectivity index (χ0v) is 9.81. The Kier molecular flexibility index (Phi) is 5.36. The van der Waals surface area contributed by atoms with Gasteiger partial charge in [0.15, 0.2) is 0 Å². The predicted octanol–water partition coefficient (Wildman–Crippen LogP) is 1.48. The summed E-state index contributed by atoms with van der Waals surface area (Å²) >= 11 is 5.57. The van der Waals surface area contributed by atoms with Crippen LogP contribution in [0.5, 0.6) is 0 Å². The average Bonchev–Trinajstić information content (AvgIpc) is 2.28. The van der Waals surface area contributed by atoms with Crippen molar-refractivity contribution in [2.45, 2.75) is 25.7 Å².